The molecule has 25 heavy (non-hydrogen) atoms. The molecule has 0 saturated carbocycles. The van der Waals surface area contributed by atoms with Gasteiger partial charge in [-0.15, -0.1) is 0 Å². The van der Waals surface area contributed by atoms with Crippen LogP contribution in [0.15, 0.2) is 47.4 Å². The number of carbonyl (C=O) groups excluding carboxylic acids is 1. The van der Waals surface area contributed by atoms with Gasteiger partial charge < -0.3 is 14.8 Å². The summed E-state index contributed by atoms with van der Waals surface area (Å²) in [6.45, 7) is 0.111. The smallest absolute Gasteiger partial charge is 0.255 e. The number of hydrogen-bond donors (Lipinski definition) is 2. The van der Waals surface area contributed by atoms with Crippen molar-refractivity contribution in [1.29, 1.82) is 0 Å². The normalized spacial score (nSPS) is 11.0. The first-order valence-corrected chi connectivity index (χ1v) is 8.74. The van der Waals surface area contributed by atoms with Crippen molar-refractivity contribution in [2.45, 2.75) is 4.90 Å². The van der Waals surface area contributed by atoms with E-state index in [9.17, 15) is 17.6 Å². The number of primary sulfonamides is 1. The summed E-state index contributed by atoms with van der Waals surface area (Å²) in [6.07, 6.45) is 0. The first-order valence-electron chi connectivity index (χ1n) is 7.19. The molecule has 3 N–H and O–H groups in total. The molecule has 1 amide bonds. The lowest BCUT2D eigenvalue weighted by Crippen LogP contribution is -2.29. The van der Waals surface area contributed by atoms with E-state index in [1.54, 1.807) is 6.07 Å². The Morgan fingerprint density at radius 3 is 2.56 bits per heavy atom. The van der Waals surface area contributed by atoms with E-state index < -0.39 is 21.7 Å². The number of nitrogens with one attached hydrogen (secondary N) is 1. The fraction of sp³-hybridized carbons (Fsp3) is 0.188. The van der Waals surface area contributed by atoms with Gasteiger partial charge in [0, 0.05) is 0 Å². The average molecular weight is 368 g/mol. The van der Waals surface area contributed by atoms with Crippen LogP contribution in [0.5, 0.6) is 11.5 Å². The maximum atomic E-state index is 13.4. The quantitative estimate of drug-likeness (QED) is 0.716. The lowest BCUT2D eigenvalue weighted by molar-refractivity contribution is 0.0943. The van der Waals surface area contributed by atoms with Gasteiger partial charge in [-0.25, -0.2) is 17.9 Å². The van der Waals surface area contributed by atoms with Gasteiger partial charge in [-0.1, -0.05) is 12.1 Å². The van der Waals surface area contributed by atoms with Crippen molar-refractivity contribution in [3.05, 3.63) is 53.8 Å². The molecular weight excluding hydrogens is 351 g/mol. The molecule has 0 spiro atoms. The zero-order valence-electron chi connectivity index (χ0n) is 13.4. The first-order chi connectivity index (χ1) is 11.8. The minimum absolute atomic E-state index is 0.0138. The number of sulfonamides is 1. The number of halogens is 1. The molecular formula is C16H17FN2O5S. The Hall–Kier alpha value is -2.65. The van der Waals surface area contributed by atoms with Gasteiger partial charge >= 0.3 is 0 Å². The molecule has 2 aromatic rings. The fourth-order valence-electron chi connectivity index (χ4n) is 2.02. The Balaban J connectivity index is 2.02. The molecule has 2 rings (SSSR count). The van der Waals surface area contributed by atoms with Crippen LogP contribution in [0.3, 0.4) is 0 Å². The highest BCUT2D eigenvalue weighted by Gasteiger charge is 2.17. The molecule has 0 unspecified atom stereocenters. The summed E-state index contributed by atoms with van der Waals surface area (Å²) >= 11 is 0. The highest BCUT2D eigenvalue weighted by molar-refractivity contribution is 7.89. The van der Waals surface area contributed by atoms with E-state index in [0.717, 1.165) is 6.07 Å². The number of benzene rings is 2. The zero-order chi connectivity index (χ0) is 18.4. The number of ether oxygens (including phenoxy) is 2. The van der Waals surface area contributed by atoms with Gasteiger partial charge in [-0.05, 0) is 30.3 Å². The Kier molecular flexibility index (Phi) is 5.94. The van der Waals surface area contributed by atoms with Gasteiger partial charge in [0.1, 0.15) is 12.4 Å². The summed E-state index contributed by atoms with van der Waals surface area (Å²) in [6, 6.07) is 9.60. The molecule has 0 aliphatic carbocycles. The first kappa shape index (κ1) is 18.7. The topological polar surface area (TPSA) is 108 Å². The van der Waals surface area contributed by atoms with E-state index in [1.807, 2.05) is 0 Å². The molecule has 134 valence electrons. The van der Waals surface area contributed by atoms with Crippen molar-refractivity contribution in [3.63, 3.8) is 0 Å². The van der Waals surface area contributed by atoms with Crippen LogP contribution in [0.25, 0.3) is 0 Å². The molecule has 9 heteroatoms. The Bertz CT molecular complexity index is 871. The van der Waals surface area contributed by atoms with Crippen LogP contribution in [-0.2, 0) is 10.0 Å². The second-order valence-electron chi connectivity index (χ2n) is 4.94. The van der Waals surface area contributed by atoms with Crippen LogP contribution >= 0.6 is 0 Å². The van der Waals surface area contributed by atoms with Crippen molar-refractivity contribution in [2.24, 2.45) is 5.14 Å². The molecule has 0 aliphatic rings. The standard InChI is InChI=1S/C16H17FN2O5S/c1-23-14-7-6-11(25(18,21)22)10-12(14)16(20)19-8-9-24-15-5-3-2-4-13(15)17/h2-7,10H,8-9H2,1H3,(H,19,20)(H2,18,21,22). The molecule has 0 fully saturated rings. The summed E-state index contributed by atoms with van der Waals surface area (Å²) in [4.78, 5) is 12.0. The lowest BCUT2D eigenvalue weighted by atomic mass is 10.2. The molecule has 0 heterocycles. The fourth-order valence-corrected chi connectivity index (χ4v) is 2.56. The van der Waals surface area contributed by atoms with E-state index in [-0.39, 0.29) is 35.1 Å². The number of rotatable bonds is 7. The predicted molar refractivity (Wildman–Crippen MR) is 88.6 cm³/mol. The van der Waals surface area contributed by atoms with Crippen LogP contribution < -0.4 is 19.9 Å². The summed E-state index contributed by atoms with van der Waals surface area (Å²) in [5.74, 6) is -0.804. The van der Waals surface area contributed by atoms with Gasteiger partial charge in [0.2, 0.25) is 10.0 Å². The summed E-state index contributed by atoms with van der Waals surface area (Å²) in [7, 11) is -2.60. The second kappa shape index (κ2) is 7.95. The highest BCUT2D eigenvalue weighted by atomic mass is 32.2. The van der Waals surface area contributed by atoms with E-state index in [1.165, 1.54) is 37.4 Å². The van der Waals surface area contributed by atoms with Crippen molar-refractivity contribution in [1.82, 2.24) is 5.32 Å². The minimum atomic E-state index is -3.95. The Morgan fingerprint density at radius 2 is 1.92 bits per heavy atom. The van der Waals surface area contributed by atoms with E-state index in [0.29, 0.717) is 0 Å². The lowest BCUT2D eigenvalue weighted by Gasteiger charge is -2.11. The summed E-state index contributed by atoms with van der Waals surface area (Å²) in [5, 5.41) is 7.60. The SMILES string of the molecule is COc1ccc(S(N)(=O)=O)cc1C(=O)NCCOc1ccccc1F. The highest BCUT2D eigenvalue weighted by Crippen LogP contribution is 2.22. The van der Waals surface area contributed by atoms with Crippen LogP contribution in [0.2, 0.25) is 0 Å². The molecule has 0 saturated heterocycles. The number of hydrogen-bond acceptors (Lipinski definition) is 5. The third-order valence-electron chi connectivity index (χ3n) is 3.23. The van der Waals surface area contributed by atoms with E-state index in [4.69, 9.17) is 14.6 Å². The van der Waals surface area contributed by atoms with E-state index >= 15 is 0 Å². The van der Waals surface area contributed by atoms with Crippen molar-refractivity contribution < 1.29 is 27.1 Å². The van der Waals surface area contributed by atoms with Crippen molar-refractivity contribution in [3.8, 4) is 11.5 Å². The molecule has 0 aromatic heterocycles. The predicted octanol–water partition coefficient (Wildman–Crippen LogP) is 1.29. The largest absolute Gasteiger partial charge is 0.496 e. The molecule has 0 atom stereocenters. The van der Waals surface area contributed by atoms with Crippen LogP contribution in [0.1, 0.15) is 10.4 Å². The average Bonchev–Trinajstić information content (AvgIpc) is 2.58. The maximum absolute atomic E-state index is 13.4. The van der Waals surface area contributed by atoms with Crippen LogP contribution in [0, 0.1) is 5.82 Å². The van der Waals surface area contributed by atoms with Gasteiger partial charge in [0.15, 0.2) is 11.6 Å². The number of para-hydroxylation sites is 1. The third-order valence-corrected chi connectivity index (χ3v) is 4.14. The molecule has 7 nitrogen and oxygen atoms in total. The number of methoxy groups -OCH3 is 1. The van der Waals surface area contributed by atoms with Crippen LogP contribution in [0.4, 0.5) is 4.39 Å². The van der Waals surface area contributed by atoms with E-state index in [2.05, 4.69) is 5.32 Å². The third kappa shape index (κ3) is 4.91. The Labute approximate surface area is 144 Å². The minimum Gasteiger partial charge on any atom is -0.496 e. The summed E-state index contributed by atoms with van der Waals surface area (Å²) < 4.78 is 46.5. The molecule has 2 aromatic carbocycles. The molecule has 0 bridgehead atoms. The van der Waals surface area contributed by atoms with Crippen molar-refractivity contribution >= 4 is 15.9 Å². The van der Waals surface area contributed by atoms with Gasteiger partial charge in [-0.2, -0.15) is 0 Å². The zero-order valence-corrected chi connectivity index (χ0v) is 14.2. The van der Waals surface area contributed by atoms with Gasteiger partial charge in [0.25, 0.3) is 5.91 Å². The van der Waals surface area contributed by atoms with Crippen molar-refractivity contribution in [2.75, 3.05) is 20.3 Å². The van der Waals surface area contributed by atoms with Gasteiger partial charge in [0.05, 0.1) is 24.1 Å². The second-order valence-corrected chi connectivity index (χ2v) is 6.50. The maximum Gasteiger partial charge on any atom is 0.255 e. The summed E-state index contributed by atoms with van der Waals surface area (Å²) in [5.41, 5.74) is 0.0138. The molecule has 0 aliphatic heterocycles. The van der Waals surface area contributed by atoms with Crippen LogP contribution in [-0.4, -0.2) is 34.6 Å². The Morgan fingerprint density at radius 1 is 1.20 bits per heavy atom. The monoisotopic (exact) mass is 368 g/mol. The number of carbonyl (C=O) groups is 1. The molecule has 0 radical (unpaired) electrons. The number of nitrogens with two attached hydrogens (primary N) is 1. The number of amides is 1. The van der Waals surface area contributed by atoms with Gasteiger partial charge in [-0.3, -0.25) is 4.79 Å².